The number of hydrogen-bond acceptors (Lipinski definition) is 5. The molecule has 5 rings (SSSR count). The number of primary amides is 1. The van der Waals surface area contributed by atoms with Gasteiger partial charge in [0.15, 0.2) is 0 Å². The fourth-order valence-corrected chi connectivity index (χ4v) is 5.74. The van der Waals surface area contributed by atoms with Crippen LogP contribution in [0.4, 0.5) is 0 Å². The Labute approximate surface area is 183 Å². The number of rotatable bonds is 7. The minimum Gasteiger partial charge on any atom is -0.474 e. The first-order valence-corrected chi connectivity index (χ1v) is 11.2. The summed E-state index contributed by atoms with van der Waals surface area (Å²) in [4.78, 5) is 24.8. The second-order valence-electron chi connectivity index (χ2n) is 10.6. The van der Waals surface area contributed by atoms with Crippen LogP contribution in [-0.2, 0) is 4.79 Å². The molecule has 4 aliphatic rings. The van der Waals surface area contributed by atoms with Gasteiger partial charge in [-0.25, -0.2) is 4.68 Å². The van der Waals surface area contributed by atoms with E-state index in [1.54, 1.807) is 26.1 Å². The van der Waals surface area contributed by atoms with E-state index >= 15 is 0 Å². The lowest BCUT2D eigenvalue weighted by molar-refractivity contribution is -0.137. The van der Waals surface area contributed by atoms with Crippen molar-refractivity contribution in [1.29, 1.82) is 0 Å². The highest BCUT2D eigenvalue weighted by molar-refractivity contribution is 5.96. The van der Waals surface area contributed by atoms with E-state index in [-0.39, 0.29) is 18.1 Å². The molecule has 31 heavy (non-hydrogen) atoms. The number of ether oxygens (including phenoxy) is 1. The average Bonchev–Trinajstić information content (AvgIpc) is 3.03. The van der Waals surface area contributed by atoms with Gasteiger partial charge in [-0.3, -0.25) is 9.59 Å². The van der Waals surface area contributed by atoms with Crippen LogP contribution in [0.1, 0.15) is 70.2 Å². The Kier molecular flexibility index (Phi) is 5.40. The first-order chi connectivity index (χ1) is 14.5. The minimum absolute atomic E-state index is 0.0731. The number of amides is 2. The second kappa shape index (κ2) is 7.65. The molecule has 4 saturated carbocycles. The Morgan fingerprint density at radius 3 is 2.52 bits per heavy atom. The van der Waals surface area contributed by atoms with Crippen LogP contribution >= 0.6 is 0 Å². The molecule has 4 N–H and O–H groups in total. The maximum Gasteiger partial charge on any atom is 0.258 e. The maximum absolute atomic E-state index is 13.2. The molecule has 0 aromatic carbocycles. The summed E-state index contributed by atoms with van der Waals surface area (Å²) in [6, 6.07) is 0.0731. The van der Waals surface area contributed by atoms with Gasteiger partial charge >= 0.3 is 0 Å². The van der Waals surface area contributed by atoms with E-state index in [9.17, 15) is 14.7 Å². The number of aromatic nitrogens is 2. The highest BCUT2D eigenvalue weighted by atomic mass is 16.5. The highest BCUT2D eigenvalue weighted by Gasteiger charge is 2.55. The van der Waals surface area contributed by atoms with Crippen molar-refractivity contribution in [3.8, 4) is 5.88 Å². The molecule has 4 bridgehead atoms. The third-order valence-electron chi connectivity index (χ3n) is 7.15. The lowest BCUT2D eigenvalue weighted by atomic mass is 9.52. The van der Waals surface area contributed by atoms with Crippen LogP contribution in [0, 0.1) is 23.2 Å². The molecule has 170 valence electrons. The van der Waals surface area contributed by atoms with Crippen LogP contribution in [0.5, 0.6) is 5.88 Å². The van der Waals surface area contributed by atoms with Crippen molar-refractivity contribution in [2.45, 2.75) is 77.5 Å². The number of carbonyl (C=O) groups is 2. The smallest absolute Gasteiger partial charge is 0.258 e. The quantitative estimate of drug-likeness (QED) is 0.613. The summed E-state index contributed by atoms with van der Waals surface area (Å²) in [5.41, 5.74) is 4.42. The van der Waals surface area contributed by atoms with E-state index in [0.29, 0.717) is 29.2 Å². The molecule has 1 heterocycles. The normalized spacial score (nSPS) is 32.1. The summed E-state index contributed by atoms with van der Waals surface area (Å²) in [6.45, 7) is 7.20. The number of nitrogens with two attached hydrogens (primary N) is 1. The van der Waals surface area contributed by atoms with Crippen LogP contribution in [-0.4, -0.2) is 44.4 Å². The van der Waals surface area contributed by atoms with Crippen molar-refractivity contribution in [1.82, 2.24) is 15.1 Å². The summed E-state index contributed by atoms with van der Waals surface area (Å²) >= 11 is 0. The number of aliphatic hydroxyl groups is 1. The average molecular weight is 431 g/mol. The van der Waals surface area contributed by atoms with Gasteiger partial charge in [-0.05, 0) is 77.6 Å². The highest BCUT2D eigenvalue weighted by Crippen LogP contribution is 2.55. The summed E-state index contributed by atoms with van der Waals surface area (Å²) in [7, 11) is 0. The lowest BCUT2D eigenvalue weighted by Crippen LogP contribution is -2.61. The van der Waals surface area contributed by atoms with Gasteiger partial charge in [0.1, 0.15) is 5.56 Å². The van der Waals surface area contributed by atoms with Gasteiger partial charge in [0, 0.05) is 12.2 Å². The minimum atomic E-state index is -0.857. The Bertz CT molecular complexity index is 887. The first kappa shape index (κ1) is 21.9. The van der Waals surface area contributed by atoms with E-state index in [4.69, 9.17) is 10.5 Å². The molecule has 2 atom stereocenters. The third-order valence-corrected chi connectivity index (χ3v) is 7.15. The van der Waals surface area contributed by atoms with Crippen molar-refractivity contribution in [3.63, 3.8) is 0 Å². The van der Waals surface area contributed by atoms with E-state index in [1.165, 1.54) is 10.9 Å². The van der Waals surface area contributed by atoms with E-state index < -0.39 is 16.9 Å². The molecule has 2 unspecified atom stereocenters. The SMILES string of the molecule is CC(C)Oc1c(C(=O)NC2C3CC4CC2CC(O)(C4)C3)cnn1C=CC(C)(C)C(N)=O. The van der Waals surface area contributed by atoms with Crippen LogP contribution in [0.15, 0.2) is 12.3 Å². The van der Waals surface area contributed by atoms with Crippen LogP contribution in [0.2, 0.25) is 0 Å². The zero-order valence-corrected chi connectivity index (χ0v) is 18.8. The van der Waals surface area contributed by atoms with Crippen molar-refractivity contribution < 1.29 is 19.4 Å². The predicted octanol–water partition coefficient (Wildman–Crippen LogP) is 2.32. The van der Waals surface area contributed by atoms with E-state index in [1.807, 2.05) is 13.8 Å². The fourth-order valence-electron chi connectivity index (χ4n) is 5.74. The van der Waals surface area contributed by atoms with E-state index in [2.05, 4.69) is 10.4 Å². The Morgan fingerprint density at radius 1 is 1.32 bits per heavy atom. The van der Waals surface area contributed by atoms with Crippen LogP contribution in [0.3, 0.4) is 0 Å². The molecule has 4 fully saturated rings. The zero-order chi connectivity index (χ0) is 22.6. The molecule has 0 spiro atoms. The van der Waals surface area contributed by atoms with Crippen molar-refractivity contribution in [2.75, 3.05) is 0 Å². The van der Waals surface area contributed by atoms with Crippen LogP contribution in [0.25, 0.3) is 6.20 Å². The van der Waals surface area contributed by atoms with Crippen molar-refractivity contribution >= 4 is 18.0 Å². The van der Waals surface area contributed by atoms with Gasteiger partial charge < -0.3 is 20.9 Å². The van der Waals surface area contributed by atoms with Crippen LogP contribution < -0.4 is 15.8 Å². The first-order valence-electron chi connectivity index (χ1n) is 11.2. The molecule has 0 radical (unpaired) electrons. The van der Waals surface area contributed by atoms with E-state index in [0.717, 1.165) is 32.1 Å². The molecule has 4 aliphatic carbocycles. The van der Waals surface area contributed by atoms with Gasteiger partial charge in [-0.2, -0.15) is 5.10 Å². The largest absolute Gasteiger partial charge is 0.474 e. The van der Waals surface area contributed by atoms with Crippen molar-refractivity contribution in [2.24, 2.45) is 28.9 Å². The van der Waals surface area contributed by atoms with Gasteiger partial charge in [0.05, 0.1) is 23.3 Å². The third kappa shape index (κ3) is 4.22. The van der Waals surface area contributed by atoms with Gasteiger partial charge in [-0.1, -0.05) is 6.08 Å². The van der Waals surface area contributed by atoms with Gasteiger partial charge in [0.25, 0.3) is 5.91 Å². The Morgan fingerprint density at radius 2 is 1.97 bits per heavy atom. The topological polar surface area (TPSA) is 119 Å². The molecule has 1 aromatic heterocycles. The summed E-state index contributed by atoms with van der Waals surface area (Å²) < 4.78 is 7.39. The molecule has 0 saturated heterocycles. The Balaban J connectivity index is 1.55. The standard InChI is InChI=1S/C23H34N4O4/c1-13(2)31-20-17(12-25-27(20)6-5-22(3,4)21(24)29)19(28)26-18-15-7-14-8-16(18)11-23(30,9-14)10-15/h5-6,12-16,18,30H,7-11H2,1-4H3,(H2,24,29)(H,26,28). The number of nitrogens with one attached hydrogen (secondary N) is 1. The molecular weight excluding hydrogens is 396 g/mol. The summed E-state index contributed by atoms with van der Waals surface area (Å²) in [6.07, 6.45) is 9.19. The Hall–Kier alpha value is -2.35. The molecule has 8 nitrogen and oxygen atoms in total. The fraction of sp³-hybridized carbons (Fsp3) is 0.696. The molecule has 1 aromatic rings. The molecule has 0 aliphatic heterocycles. The lowest BCUT2D eigenvalue weighted by Gasteiger charge is -2.58. The summed E-state index contributed by atoms with van der Waals surface area (Å²) in [5, 5.41) is 18.3. The zero-order valence-electron chi connectivity index (χ0n) is 18.8. The second-order valence-corrected chi connectivity index (χ2v) is 10.6. The van der Waals surface area contributed by atoms with Crippen molar-refractivity contribution in [3.05, 3.63) is 17.8 Å². The number of hydrogen-bond donors (Lipinski definition) is 3. The summed E-state index contributed by atoms with van der Waals surface area (Å²) in [5.74, 6) is 0.892. The maximum atomic E-state index is 13.2. The molecular formula is C23H34N4O4. The number of nitrogens with zero attached hydrogens (tertiary/aromatic N) is 2. The predicted molar refractivity (Wildman–Crippen MR) is 116 cm³/mol. The molecule has 8 heteroatoms. The number of carbonyl (C=O) groups excluding carboxylic acids is 2. The monoisotopic (exact) mass is 430 g/mol. The molecule has 2 amide bonds. The van der Waals surface area contributed by atoms with Gasteiger partial charge in [-0.15, -0.1) is 0 Å². The van der Waals surface area contributed by atoms with Gasteiger partial charge in [0.2, 0.25) is 11.8 Å².